The lowest BCUT2D eigenvalue weighted by atomic mass is 9.86. The Kier molecular flexibility index (Phi) is 5.56. The van der Waals surface area contributed by atoms with Crippen molar-refractivity contribution in [1.82, 2.24) is 19.9 Å². The zero-order valence-corrected chi connectivity index (χ0v) is 14.1. The van der Waals surface area contributed by atoms with E-state index in [-0.39, 0.29) is 34.8 Å². The van der Waals surface area contributed by atoms with Crippen LogP contribution in [0.3, 0.4) is 0 Å². The molecule has 12 heteroatoms. The van der Waals surface area contributed by atoms with Crippen LogP contribution in [0.2, 0.25) is 0 Å². The average Bonchev–Trinajstić information content (AvgIpc) is 2.60. The van der Waals surface area contributed by atoms with Gasteiger partial charge >= 0.3 is 0 Å². The van der Waals surface area contributed by atoms with Crippen LogP contribution >= 0.6 is 12.4 Å². The van der Waals surface area contributed by atoms with Crippen molar-refractivity contribution in [2.24, 2.45) is 0 Å². The number of aromatic amines is 2. The van der Waals surface area contributed by atoms with Crippen molar-refractivity contribution < 1.29 is 15.1 Å². The van der Waals surface area contributed by atoms with Gasteiger partial charge < -0.3 is 20.2 Å². The second-order valence-corrected chi connectivity index (χ2v) is 5.22. The Labute approximate surface area is 156 Å². The Morgan fingerprint density at radius 2 is 1.52 bits per heavy atom. The molecule has 27 heavy (non-hydrogen) atoms. The number of non-ortho nitro benzene ring substituents is 1. The normalized spacial score (nSPS) is 10.4. The van der Waals surface area contributed by atoms with Crippen molar-refractivity contribution in [1.29, 1.82) is 0 Å². The fraction of sp³-hybridized carbons (Fsp3) is 0.0667. The average molecular weight is 394 g/mol. The molecule has 0 saturated heterocycles. The third kappa shape index (κ3) is 3.62. The summed E-state index contributed by atoms with van der Waals surface area (Å²) in [5.41, 5.74) is -2.47. The molecule has 0 amide bonds. The van der Waals surface area contributed by atoms with Crippen LogP contribution in [0.15, 0.2) is 46.5 Å². The number of hydrogen-bond donors (Lipinski definition) is 4. The van der Waals surface area contributed by atoms with E-state index in [0.29, 0.717) is 0 Å². The zero-order chi connectivity index (χ0) is 18.8. The van der Waals surface area contributed by atoms with Gasteiger partial charge in [-0.25, -0.2) is 9.97 Å². The van der Waals surface area contributed by atoms with Crippen LogP contribution in [0.4, 0.5) is 5.69 Å². The molecule has 0 aliphatic carbocycles. The Bertz CT molecular complexity index is 1050. The van der Waals surface area contributed by atoms with Gasteiger partial charge in [-0.2, -0.15) is 0 Å². The Morgan fingerprint density at radius 3 is 1.96 bits per heavy atom. The van der Waals surface area contributed by atoms with Gasteiger partial charge in [0.2, 0.25) is 11.8 Å². The monoisotopic (exact) mass is 393 g/mol. The largest absolute Gasteiger partial charge is 0.493 e. The highest BCUT2D eigenvalue weighted by Gasteiger charge is 2.30. The molecule has 4 N–H and O–H groups in total. The van der Waals surface area contributed by atoms with E-state index in [1.165, 1.54) is 18.2 Å². The summed E-state index contributed by atoms with van der Waals surface area (Å²) in [7, 11) is 0. The van der Waals surface area contributed by atoms with Crippen LogP contribution in [0.1, 0.15) is 22.6 Å². The third-order valence-corrected chi connectivity index (χ3v) is 3.73. The quantitative estimate of drug-likeness (QED) is 0.371. The van der Waals surface area contributed by atoms with Crippen LogP contribution in [-0.2, 0) is 0 Å². The molecule has 0 aliphatic heterocycles. The predicted octanol–water partition coefficient (Wildman–Crippen LogP) is 0.775. The number of hydrogen-bond acceptors (Lipinski definition) is 8. The number of H-pyrrole nitrogens is 2. The van der Waals surface area contributed by atoms with Gasteiger partial charge in [-0.1, -0.05) is 12.1 Å². The minimum absolute atomic E-state index is 0. The topological polar surface area (TPSA) is 175 Å². The third-order valence-electron chi connectivity index (χ3n) is 3.73. The highest BCUT2D eigenvalue weighted by Crippen LogP contribution is 2.35. The summed E-state index contributed by atoms with van der Waals surface area (Å²) in [5, 5.41) is 31.2. The molecule has 0 fully saturated rings. The van der Waals surface area contributed by atoms with E-state index in [2.05, 4.69) is 19.9 Å². The molecule has 0 aliphatic rings. The first-order valence-electron chi connectivity index (χ1n) is 7.17. The molecule has 2 heterocycles. The van der Waals surface area contributed by atoms with Crippen LogP contribution in [0.25, 0.3) is 0 Å². The lowest BCUT2D eigenvalue weighted by Gasteiger charge is -2.17. The van der Waals surface area contributed by atoms with E-state index < -0.39 is 33.7 Å². The summed E-state index contributed by atoms with van der Waals surface area (Å²) in [6.45, 7) is 0. The van der Waals surface area contributed by atoms with Gasteiger partial charge in [-0.15, -0.1) is 12.4 Å². The van der Waals surface area contributed by atoms with E-state index in [1.54, 1.807) is 0 Å². The first kappa shape index (κ1) is 19.6. The maximum Gasteiger partial charge on any atom is 0.269 e. The maximum absolute atomic E-state index is 12.3. The first-order valence-corrected chi connectivity index (χ1v) is 7.17. The fourth-order valence-corrected chi connectivity index (χ4v) is 2.62. The van der Waals surface area contributed by atoms with Crippen molar-refractivity contribution in [3.05, 3.63) is 84.4 Å². The molecule has 3 aromatic rings. The molecule has 2 aromatic heterocycles. The summed E-state index contributed by atoms with van der Waals surface area (Å²) in [6.07, 6.45) is 1.91. The van der Waals surface area contributed by atoms with Crippen molar-refractivity contribution in [2.75, 3.05) is 0 Å². The molecule has 0 unspecified atom stereocenters. The standard InChI is InChI=1S/C15H11N5O6.ClH/c21-12-10(13(22)17-5-16-12)9(11-14(23)18-6-19-15(11)24)7-2-1-3-8(4-7)20(25)26;/h1-6,9H,(H2,16,17,21,22)(H2,18,19,23,24);1H. The molecule has 0 bridgehead atoms. The molecule has 0 radical (unpaired) electrons. The molecule has 1 aromatic carbocycles. The molecule has 0 spiro atoms. The van der Waals surface area contributed by atoms with Gasteiger partial charge in [0.05, 0.1) is 34.6 Å². The van der Waals surface area contributed by atoms with Gasteiger partial charge in [0, 0.05) is 12.1 Å². The van der Waals surface area contributed by atoms with Gasteiger partial charge in [0.25, 0.3) is 16.8 Å². The number of halogens is 1. The number of rotatable bonds is 4. The van der Waals surface area contributed by atoms with Crippen LogP contribution in [-0.4, -0.2) is 35.1 Å². The van der Waals surface area contributed by atoms with Crippen molar-refractivity contribution in [3.8, 4) is 11.8 Å². The molecule has 3 rings (SSSR count). The van der Waals surface area contributed by atoms with E-state index in [4.69, 9.17) is 0 Å². The van der Waals surface area contributed by atoms with Crippen molar-refractivity contribution >= 4 is 18.1 Å². The minimum Gasteiger partial charge on any atom is -0.493 e. The SMILES string of the molecule is Cl.O=c1[nH]cnc(O)c1C(c1cccc([N+](=O)[O-])c1)c1c(O)nc[nH]c1=O. The number of aromatic hydroxyl groups is 2. The number of nitrogens with zero attached hydrogens (tertiary/aromatic N) is 3. The molecule has 11 nitrogen and oxygen atoms in total. The van der Waals surface area contributed by atoms with E-state index in [0.717, 1.165) is 18.7 Å². The second kappa shape index (κ2) is 7.66. The molecule has 140 valence electrons. The van der Waals surface area contributed by atoms with E-state index >= 15 is 0 Å². The smallest absolute Gasteiger partial charge is 0.269 e. The van der Waals surface area contributed by atoms with Gasteiger partial charge in [0.15, 0.2) is 0 Å². The van der Waals surface area contributed by atoms with Crippen LogP contribution in [0.5, 0.6) is 11.8 Å². The highest BCUT2D eigenvalue weighted by molar-refractivity contribution is 5.85. The summed E-state index contributed by atoms with van der Waals surface area (Å²) >= 11 is 0. The summed E-state index contributed by atoms with van der Waals surface area (Å²) in [5.74, 6) is -2.72. The lowest BCUT2D eigenvalue weighted by Crippen LogP contribution is -2.24. The van der Waals surface area contributed by atoms with Crippen molar-refractivity contribution in [2.45, 2.75) is 5.92 Å². The zero-order valence-electron chi connectivity index (χ0n) is 13.3. The van der Waals surface area contributed by atoms with E-state index in [1.807, 2.05) is 0 Å². The fourth-order valence-electron chi connectivity index (χ4n) is 2.62. The molecule has 0 saturated carbocycles. The maximum atomic E-state index is 12.3. The highest BCUT2D eigenvalue weighted by atomic mass is 35.5. The second-order valence-electron chi connectivity index (χ2n) is 5.22. The number of nitro benzene ring substituents is 1. The van der Waals surface area contributed by atoms with E-state index in [9.17, 15) is 29.9 Å². The van der Waals surface area contributed by atoms with Gasteiger partial charge in [-0.05, 0) is 5.56 Å². The Hall–Kier alpha value is -3.73. The number of benzene rings is 1. The molecule has 0 atom stereocenters. The van der Waals surface area contributed by atoms with Crippen molar-refractivity contribution in [3.63, 3.8) is 0 Å². The van der Waals surface area contributed by atoms with Crippen LogP contribution < -0.4 is 11.1 Å². The minimum atomic E-state index is -1.34. The lowest BCUT2D eigenvalue weighted by molar-refractivity contribution is -0.384. The number of aromatic nitrogens is 4. The first-order chi connectivity index (χ1) is 12.4. The predicted molar refractivity (Wildman–Crippen MR) is 94.3 cm³/mol. The Balaban J connectivity index is 0.00000261. The number of nitro groups is 1. The van der Waals surface area contributed by atoms with Gasteiger partial charge in [0.1, 0.15) is 0 Å². The van der Waals surface area contributed by atoms with Crippen LogP contribution in [0, 0.1) is 10.1 Å². The Morgan fingerprint density at radius 1 is 1.00 bits per heavy atom. The number of nitrogens with one attached hydrogen (secondary N) is 2. The summed E-state index contributed by atoms with van der Waals surface area (Å²) < 4.78 is 0. The summed E-state index contributed by atoms with van der Waals surface area (Å²) in [6, 6.07) is 5.11. The van der Waals surface area contributed by atoms with Gasteiger partial charge in [-0.3, -0.25) is 19.7 Å². The molecular weight excluding hydrogens is 382 g/mol. The molecular formula is C15H12ClN5O6. The summed E-state index contributed by atoms with van der Waals surface area (Å²) in [4.78, 5) is 46.6.